The van der Waals surface area contributed by atoms with Gasteiger partial charge in [0.2, 0.25) is 0 Å². The first-order valence-corrected chi connectivity index (χ1v) is 9.38. The van der Waals surface area contributed by atoms with Gasteiger partial charge in [0.05, 0.1) is 31.5 Å². The molecule has 0 aromatic heterocycles. The predicted octanol–water partition coefficient (Wildman–Crippen LogP) is 1.90. The van der Waals surface area contributed by atoms with Crippen LogP contribution in [-0.2, 0) is 19.1 Å². The molecule has 1 aromatic carbocycles. The van der Waals surface area contributed by atoms with Gasteiger partial charge in [0.25, 0.3) is 0 Å². The Morgan fingerprint density at radius 2 is 1.59 bits per heavy atom. The Hall–Kier alpha value is -2.65. The van der Waals surface area contributed by atoms with Crippen LogP contribution in [0.2, 0.25) is 0 Å². The Bertz CT molecular complexity index is 639. The van der Waals surface area contributed by atoms with Gasteiger partial charge in [-0.2, -0.15) is 0 Å². The Balaban J connectivity index is 0.000000612. The van der Waals surface area contributed by atoms with E-state index in [-0.39, 0.29) is 5.97 Å². The summed E-state index contributed by atoms with van der Waals surface area (Å²) in [5.74, 6) is -3.19. The van der Waals surface area contributed by atoms with Crippen molar-refractivity contribution in [1.29, 1.82) is 0 Å². The molecule has 2 atom stereocenters. The van der Waals surface area contributed by atoms with E-state index in [1.165, 1.54) is 7.11 Å². The molecule has 2 rings (SSSR count). The normalized spacial score (nSPS) is 18.9. The zero-order valence-corrected chi connectivity index (χ0v) is 17.0. The lowest BCUT2D eigenvalue weighted by Gasteiger charge is -2.35. The smallest absolute Gasteiger partial charge is 0.414 e. The van der Waals surface area contributed by atoms with Gasteiger partial charge in [-0.1, -0.05) is 0 Å². The molecule has 0 aliphatic carbocycles. The molecule has 162 valence electrons. The number of hydrogen-bond acceptors (Lipinski definition) is 7. The second-order valence-corrected chi connectivity index (χ2v) is 6.70. The average Bonchev–Trinajstić information content (AvgIpc) is 2.67. The first kappa shape index (κ1) is 24.4. The minimum absolute atomic E-state index is 0.323. The number of esters is 1. The molecule has 2 N–H and O–H groups in total. The number of unbranched alkanes of at least 4 members (excludes halogenated alkanes) is 1. The first-order chi connectivity index (χ1) is 13.7. The number of aliphatic carboxylic acids is 2. The summed E-state index contributed by atoms with van der Waals surface area (Å²) in [4.78, 5) is 32.0. The fraction of sp³-hybridized carbons (Fsp3) is 0.550. The maximum absolute atomic E-state index is 11.3. The fourth-order valence-corrected chi connectivity index (χ4v) is 2.90. The minimum atomic E-state index is -1.82. The Labute approximate surface area is 170 Å². The number of benzene rings is 1. The number of carboxylic acids is 2. The van der Waals surface area contributed by atoms with Crippen molar-refractivity contribution in [3.05, 3.63) is 29.8 Å². The van der Waals surface area contributed by atoms with Gasteiger partial charge in [0.1, 0.15) is 5.75 Å². The van der Waals surface area contributed by atoms with Crippen LogP contribution in [0.1, 0.15) is 37.0 Å². The van der Waals surface area contributed by atoms with E-state index >= 15 is 0 Å². The van der Waals surface area contributed by atoms with Gasteiger partial charge in [-0.05, 0) is 57.5 Å². The summed E-state index contributed by atoms with van der Waals surface area (Å²) in [6.45, 7) is 8.06. The number of carbonyl (C=O) groups is 3. The lowest BCUT2D eigenvalue weighted by atomic mass is 10.2. The number of carbonyl (C=O) groups excluding carboxylic acids is 1. The summed E-state index contributed by atoms with van der Waals surface area (Å²) in [7, 11) is 1.38. The topological polar surface area (TPSA) is 123 Å². The van der Waals surface area contributed by atoms with Crippen LogP contribution in [0.4, 0.5) is 0 Å². The van der Waals surface area contributed by atoms with E-state index < -0.39 is 11.9 Å². The van der Waals surface area contributed by atoms with Crippen molar-refractivity contribution < 1.29 is 38.8 Å². The second kappa shape index (κ2) is 12.7. The Morgan fingerprint density at radius 1 is 1.03 bits per heavy atom. The van der Waals surface area contributed by atoms with Crippen molar-refractivity contribution in [2.45, 2.75) is 38.9 Å². The summed E-state index contributed by atoms with van der Waals surface area (Å²) < 4.78 is 16.1. The van der Waals surface area contributed by atoms with Crippen LogP contribution in [-0.4, -0.2) is 78.6 Å². The third-order valence-corrected chi connectivity index (χ3v) is 4.09. The summed E-state index contributed by atoms with van der Waals surface area (Å²) in [5, 5.41) is 14.8. The lowest BCUT2D eigenvalue weighted by molar-refractivity contribution is -0.159. The molecule has 0 amide bonds. The van der Waals surface area contributed by atoms with Gasteiger partial charge in [0.15, 0.2) is 0 Å². The molecule has 0 spiro atoms. The molecule has 1 heterocycles. The predicted molar refractivity (Wildman–Crippen MR) is 104 cm³/mol. The van der Waals surface area contributed by atoms with Gasteiger partial charge in [-0.3, -0.25) is 4.90 Å². The highest BCUT2D eigenvalue weighted by molar-refractivity contribution is 6.27. The van der Waals surface area contributed by atoms with E-state index in [2.05, 4.69) is 23.5 Å². The van der Waals surface area contributed by atoms with Crippen molar-refractivity contribution >= 4 is 17.9 Å². The Morgan fingerprint density at radius 3 is 2.07 bits per heavy atom. The van der Waals surface area contributed by atoms with Gasteiger partial charge in [-0.15, -0.1) is 0 Å². The molecule has 1 aromatic rings. The van der Waals surface area contributed by atoms with Crippen molar-refractivity contribution in [1.82, 2.24) is 4.90 Å². The number of ether oxygens (including phenoxy) is 3. The maximum Gasteiger partial charge on any atom is 0.414 e. The molecule has 9 heteroatoms. The second-order valence-electron chi connectivity index (χ2n) is 6.70. The summed E-state index contributed by atoms with van der Waals surface area (Å²) in [6, 6.07) is 7.05. The van der Waals surface area contributed by atoms with Crippen LogP contribution in [0.25, 0.3) is 0 Å². The van der Waals surface area contributed by atoms with Crippen molar-refractivity contribution in [2.75, 3.05) is 33.4 Å². The van der Waals surface area contributed by atoms with E-state index in [4.69, 9.17) is 29.3 Å². The van der Waals surface area contributed by atoms with Crippen molar-refractivity contribution in [3.63, 3.8) is 0 Å². The average molecular weight is 411 g/mol. The van der Waals surface area contributed by atoms with Crippen LogP contribution in [0, 0.1) is 0 Å². The highest BCUT2D eigenvalue weighted by atomic mass is 16.5. The van der Waals surface area contributed by atoms with Crippen LogP contribution in [0.15, 0.2) is 24.3 Å². The van der Waals surface area contributed by atoms with Crippen molar-refractivity contribution in [2.24, 2.45) is 0 Å². The lowest BCUT2D eigenvalue weighted by Crippen LogP contribution is -2.45. The molecule has 0 saturated carbocycles. The largest absolute Gasteiger partial charge is 0.494 e. The molecule has 0 bridgehead atoms. The molecule has 1 aliphatic heterocycles. The maximum atomic E-state index is 11.3. The molecular formula is C20H29NO8. The van der Waals surface area contributed by atoms with Crippen molar-refractivity contribution in [3.8, 4) is 5.75 Å². The highest BCUT2D eigenvalue weighted by Crippen LogP contribution is 2.14. The van der Waals surface area contributed by atoms with E-state index in [0.717, 1.165) is 38.2 Å². The van der Waals surface area contributed by atoms with E-state index in [0.29, 0.717) is 24.4 Å². The fourth-order valence-electron chi connectivity index (χ4n) is 2.90. The van der Waals surface area contributed by atoms with Crippen LogP contribution < -0.4 is 4.74 Å². The number of nitrogens with zero attached hydrogens (tertiary/aromatic N) is 1. The number of morpholine rings is 1. The van der Waals surface area contributed by atoms with Gasteiger partial charge in [0, 0.05) is 13.1 Å². The molecule has 9 nitrogen and oxygen atoms in total. The van der Waals surface area contributed by atoms with Crippen LogP contribution >= 0.6 is 0 Å². The number of rotatable bonds is 7. The van der Waals surface area contributed by atoms with E-state index in [1.54, 1.807) is 24.3 Å². The standard InChI is InChI=1S/C18H27NO4.C2H2O4/c1-14-12-19(13-15(2)23-14)10-4-5-11-22-17-8-6-16(7-9-17)18(20)21-3;3-1(4)2(5)6/h6-9,14-15H,4-5,10-13H2,1-3H3;(H,3,4)(H,5,6). The SMILES string of the molecule is COC(=O)c1ccc(OCCCCN2CC(C)OC(C)C2)cc1.O=C(O)C(=O)O. The van der Waals surface area contributed by atoms with Crippen LogP contribution in [0.5, 0.6) is 5.75 Å². The number of methoxy groups -OCH3 is 1. The number of hydrogen-bond donors (Lipinski definition) is 2. The summed E-state index contributed by atoms with van der Waals surface area (Å²) in [6.07, 6.45) is 2.77. The minimum Gasteiger partial charge on any atom is -0.494 e. The molecule has 1 aliphatic rings. The molecule has 1 fully saturated rings. The van der Waals surface area contributed by atoms with Gasteiger partial charge in [-0.25, -0.2) is 14.4 Å². The third-order valence-electron chi connectivity index (χ3n) is 4.09. The molecule has 0 radical (unpaired) electrons. The summed E-state index contributed by atoms with van der Waals surface area (Å²) in [5.41, 5.74) is 0.537. The quantitative estimate of drug-likeness (QED) is 0.393. The molecule has 2 unspecified atom stereocenters. The zero-order valence-electron chi connectivity index (χ0n) is 17.0. The van der Waals surface area contributed by atoms with E-state index in [1.807, 2.05) is 0 Å². The summed E-state index contributed by atoms with van der Waals surface area (Å²) >= 11 is 0. The molecule has 29 heavy (non-hydrogen) atoms. The zero-order chi connectivity index (χ0) is 21.8. The van der Waals surface area contributed by atoms with Gasteiger partial charge >= 0.3 is 17.9 Å². The highest BCUT2D eigenvalue weighted by Gasteiger charge is 2.21. The van der Waals surface area contributed by atoms with Gasteiger partial charge < -0.3 is 24.4 Å². The molecule has 1 saturated heterocycles. The van der Waals surface area contributed by atoms with Crippen LogP contribution in [0.3, 0.4) is 0 Å². The van der Waals surface area contributed by atoms with E-state index in [9.17, 15) is 4.79 Å². The Kier molecular flexibility index (Phi) is 10.7. The first-order valence-electron chi connectivity index (χ1n) is 9.38. The molecular weight excluding hydrogens is 382 g/mol. The number of carboxylic acid groups (broad SMARTS) is 2. The monoisotopic (exact) mass is 411 g/mol. The third kappa shape index (κ3) is 9.91.